The van der Waals surface area contributed by atoms with Gasteiger partial charge in [0.2, 0.25) is 5.78 Å². The van der Waals surface area contributed by atoms with E-state index < -0.39 is 5.54 Å². The highest BCUT2D eigenvalue weighted by molar-refractivity contribution is 6.02. The Balaban J connectivity index is 0.00000192. The van der Waals surface area contributed by atoms with Gasteiger partial charge in [-0.3, -0.25) is 14.7 Å². The van der Waals surface area contributed by atoms with Gasteiger partial charge in [0.15, 0.2) is 0 Å². The van der Waals surface area contributed by atoms with Crippen LogP contribution in [-0.4, -0.2) is 59.6 Å². The maximum Gasteiger partial charge on any atom is 0.201 e. The summed E-state index contributed by atoms with van der Waals surface area (Å²) in [6.45, 7) is 8.43. The van der Waals surface area contributed by atoms with E-state index in [9.17, 15) is 4.79 Å². The first-order valence-corrected chi connectivity index (χ1v) is 8.09. The van der Waals surface area contributed by atoms with Crippen LogP contribution in [0.15, 0.2) is 24.4 Å². The van der Waals surface area contributed by atoms with Crippen molar-refractivity contribution in [2.24, 2.45) is 0 Å². The van der Waals surface area contributed by atoms with Crippen LogP contribution in [0.5, 0.6) is 0 Å². The van der Waals surface area contributed by atoms with Crippen LogP contribution in [-0.2, 0) is 4.74 Å². The van der Waals surface area contributed by atoms with Gasteiger partial charge in [-0.1, -0.05) is 6.07 Å². The third-order valence-corrected chi connectivity index (χ3v) is 4.77. The quantitative estimate of drug-likeness (QED) is 0.853. The van der Waals surface area contributed by atoms with Gasteiger partial charge in [-0.15, -0.1) is 12.4 Å². The lowest BCUT2D eigenvalue weighted by atomic mass is 9.75. The molecule has 1 N–H and O–H groups in total. The summed E-state index contributed by atoms with van der Waals surface area (Å²) in [7, 11) is 0. The standard InChI is InChI=1S/C17H25N3O2.ClH/c1-16(2)13-17(6-12-22-16,20-10-8-18-9-11-20)15(21)14-5-3-4-7-19-14;/h3-5,7,18H,6,8-13H2,1-2H3;1H. The first kappa shape index (κ1) is 18.3. The van der Waals surface area contributed by atoms with E-state index in [4.69, 9.17) is 4.74 Å². The third kappa shape index (κ3) is 3.74. The highest BCUT2D eigenvalue weighted by Gasteiger charge is 2.50. The maximum atomic E-state index is 13.3. The molecule has 2 aliphatic heterocycles. The molecule has 23 heavy (non-hydrogen) atoms. The van der Waals surface area contributed by atoms with Gasteiger partial charge < -0.3 is 10.1 Å². The summed E-state index contributed by atoms with van der Waals surface area (Å²) >= 11 is 0. The largest absolute Gasteiger partial charge is 0.375 e. The van der Waals surface area contributed by atoms with Gasteiger partial charge in [-0.25, -0.2) is 0 Å². The summed E-state index contributed by atoms with van der Waals surface area (Å²) in [6, 6.07) is 5.56. The number of ether oxygens (including phenoxy) is 1. The molecule has 5 nitrogen and oxygen atoms in total. The van der Waals surface area contributed by atoms with Gasteiger partial charge >= 0.3 is 0 Å². The molecule has 0 spiro atoms. The Hall–Kier alpha value is -1.01. The molecule has 128 valence electrons. The van der Waals surface area contributed by atoms with Gasteiger partial charge in [0.05, 0.1) is 11.1 Å². The number of hydrogen-bond acceptors (Lipinski definition) is 5. The van der Waals surface area contributed by atoms with Gasteiger partial charge in [0, 0.05) is 45.4 Å². The zero-order valence-corrected chi connectivity index (χ0v) is 14.7. The highest BCUT2D eigenvalue weighted by Crippen LogP contribution is 2.38. The van der Waals surface area contributed by atoms with Crippen LogP contribution in [0.1, 0.15) is 37.2 Å². The summed E-state index contributed by atoms with van der Waals surface area (Å²) in [6.07, 6.45) is 3.16. The summed E-state index contributed by atoms with van der Waals surface area (Å²) < 4.78 is 5.88. The summed E-state index contributed by atoms with van der Waals surface area (Å²) in [5, 5.41) is 3.37. The highest BCUT2D eigenvalue weighted by atomic mass is 35.5. The van der Waals surface area contributed by atoms with E-state index >= 15 is 0 Å². The van der Waals surface area contributed by atoms with Crippen LogP contribution < -0.4 is 5.32 Å². The molecular formula is C17H26ClN3O2. The van der Waals surface area contributed by atoms with E-state index in [0.29, 0.717) is 12.3 Å². The fourth-order valence-electron chi connectivity index (χ4n) is 3.78. The second-order valence-corrected chi connectivity index (χ2v) is 6.85. The van der Waals surface area contributed by atoms with E-state index in [1.54, 1.807) is 6.20 Å². The van der Waals surface area contributed by atoms with E-state index in [-0.39, 0.29) is 23.8 Å². The number of Topliss-reactive ketones (excluding diaryl/α,β-unsaturated/α-hetero) is 1. The molecule has 0 saturated carbocycles. The molecule has 0 amide bonds. The Bertz CT molecular complexity index is 532. The monoisotopic (exact) mass is 339 g/mol. The molecule has 2 saturated heterocycles. The number of halogens is 1. The molecule has 0 aromatic carbocycles. The molecule has 0 bridgehead atoms. The molecule has 2 fully saturated rings. The van der Waals surface area contributed by atoms with Crippen LogP contribution in [0.4, 0.5) is 0 Å². The Labute approximate surface area is 144 Å². The van der Waals surface area contributed by atoms with Gasteiger partial charge in [-0.2, -0.15) is 0 Å². The van der Waals surface area contributed by atoms with E-state index in [1.165, 1.54) is 0 Å². The predicted octanol–water partition coefficient (Wildman–Crippen LogP) is 1.92. The minimum Gasteiger partial charge on any atom is -0.375 e. The van der Waals surface area contributed by atoms with Crippen LogP contribution in [0, 0.1) is 0 Å². The SMILES string of the molecule is CC1(C)CC(C(=O)c2ccccn2)(N2CCNCC2)CCO1.Cl. The fourth-order valence-corrected chi connectivity index (χ4v) is 3.78. The smallest absolute Gasteiger partial charge is 0.201 e. The molecule has 0 aliphatic carbocycles. The molecule has 1 aromatic rings. The first-order valence-electron chi connectivity index (χ1n) is 8.09. The van der Waals surface area contributed by atoms with Crippen molar-refractivity contribution in [3.8, 4) is 0 Å². The predicted molar refractivity (Wildman–Crippen MR) is 92.3 cm³/mol. The minimum absolute atomic E-state index is 0. The number of nitrogens with zero attached hydrogens (tertiary/aromatic N) is 2. The zero-order chi connectivity index (χ0) is 15.6. The molecule has 3 heterocycles. The van der Waals surface area contributed by atoms with E-state index in [2.05, 4.69) is 29.0 Å². The lowest BCUT2D eigenvalue weighted by Gasteiger charge is -2.51. The van der Waals surface area contributed by atoms with E-state index in [0.717, 1.165) is 39.0 Å². The molecule has 2 aliphatic rings. The molecule has 6 heteroatoms. The number of nitrogens with one attached hydrogen (secondary N) is 1. The van der Waals surface area contributed by atoms with Crippen molar-refractivity contribution in [3.63, 3.8) is 0 Å². The Kier molecular flexibility index (Phi) is 5.79. The van der Waals surface area contributed by atoms with Gasteiger partial charge in [-0.05, 0) is 32.4 Å². The molecule has 1 unspecified atom stereocenters. The number of pyridine rings is 1. The number of carbonyl (C=O) groups excluding carboxylic acids is 1. The summed E-state index contributed by atoms with van der Waals surface area (Å²) in [4.78, 5) is 20.0. The van der Waals surface area contributed by atoms with Crippen molar-refractivity contribution in [2.45, 2.75) is 37.8 Å². The number of ketones is 1. The number of piperazine rings is 1. The first-order chi connectivity index (χ1) is 10.5. The zero-order valence-electron chi connectivity index (χ0n) is 13.9. The lowest BCUT2D eigenvalue weighted by molar-refractivity contribution is -0.109. The van der Waals surface area contributed by atoms with Crippen molar-refractivity contribution < 1.29 is 9.53 Å². The van der Waals surface area contributed by atoms with Crippen molar-refractivity contribution in [1.29, 1.82) is 0 Å². The molecule has 1 atom stereocenters. The lowest BCUT2D eigenvalue weighted by Crippen LogP contribution is -2.64. The van der Waals surface area contributed by atoms with Gasteiger partial charge in [0.1, 0.15) is 5.69 Å². The van der Waals surface area contributed by atoms with Crippen molar-refractivity contribution >= 4 is 18.2 Å². The Morgan fingerprint density at radius 1 is 1.30 bits per heavy atom. The normalized spacial score (nSPS) is 27.9. The average Bonchev–Trinajstić information content (AvgIpc) is 2.55. The van der Waals surface area contributed by atoms with E-state index in [1.807, 2.05) is 18.2 Å². The Morgan fingerprint density at radius 3 is 2.65 bits per heavy atom. The molecule has 1 aromatic heterocycles. The number of hydrogen-bond donors (Lipinski definition) is 1. The summed E-state index contributed by atoms with van der Waals surface area (Å²) in [5.41, 5.74) is -0.204. The average molecular weight is 340 g/mol. The third-order valence-electron chi connectivity index (χ3n) is 4.77. The van der Waals surface area contributed by atoms with Crippen molar-refractivity contribution in [3.05, 3.63) is 30.1 Å². The number of aromatic nitrogens is 1. The van der Waals surface area contributed by atoms with Crippen LogP contribution in [0.2, 0.25) is 0 Å². The van der Waals surface area contributed by atoms with Crippen LogP contribution >= 0.6 is 12.4 Å². The van der Waals surface area contributed by atoms with Crippen molar-refractivity contribution in [1.82, 2.24) is 15.2 Å². The van der Waals surface area contributed by atoms with Crippen LogP contribution in [0.3, 0.4) is 0 Å². The van der Waals surface area contributed by atoms with Crippen molar-refractivity contribution in [2.75, 3.05) is 32.8 Å². The second-order valence-electron chi connectivity index (χ2n) is 6.85. The Morgan fingerprint density at radius 2 is 2.04 bits per heavy atom. The molecular weight excluding hydrogens is 314 g/mol. The minimum atomic E-state index is -0.488. The topological polar surface area (TPSA) is 54.5 Å². The van der Waals surface area contributed by atoms with Gasteiger partial charge in [0.25, 0.3) is 0 Å². The number of carbonyl (C=O) groups is 1. The van der Waals surface area contributed by atoms with Crippen LogP contribution in [0.25, 0.3) is 0 Å². The maximum absolute atomic E-state index is 13.3. The number of rotatable bonds is 3. The fraction of sp³-hybridized carbons (Fsp3) is 0.647. The molecule has 0 radical (unpaired) electrons. The summed E-state index contributed by atoms with van der Waals surface area (Å²) in [5.74, 6) is 0.145. The molecule has 3 rings (SSSR count). The second kappa shape index (κ2) is 7.26.